The van der Waals surface area contributed by atoms with Gasteiger partial charge in [0, 0.05) is 11.7 Å². The Morgan fingerprint density at radius 2 is 2.09 bits per heavy atom. The molecule has 0 radical (unpaired) electrons. The molecule has 2 aromatic rings. The van der Waals surface area contributed by atoms with Crippen molar-refractivity contribution in [2.24, 2.45) is 0 Å². The highest BCUT2D eigenvalue weighted by Crippen LogP contribution is 2.34. The second-order valence-electron chi connectivity index (χ2n) is 5.66. The quantitative estimate of drug-likeness (QED) is 0.866. The van der Waals surface area contributed by atoms with Crippen molar-refractivity contribution in [2.45, 2.75) is 42.5 Å². The lowest BCUT2D eigenvalue weighted by Crippen LogP contribution is -2.07. The predicted octanol–water partition coefficient (Wildman–Crippen LogP) is 3.70. The Labute approximate surface area is 138 Å². The SMILES string of the molecule is N#Cc1c(N)nc(SC2CCCC2)nc1Cc1cccc(F)c1. The number of hydrogen-bond acceptors (Lipinski definition) is 5. The van der Waals surface area contributed by atoms with Crippen LogP contribution < -0.4 is 5.73 Å². The molecule has 0 aliphatic heterocycles. The number of hydrogen-bond donors (Lipinski definition) is 1. The highest BCUT2D eigenvalue weighted by Gasteiger charge is 2.20. The van der Waals surface area contributed by atoms with E-state index in [0.717, 1.165) is 18.4 Å². The second-order valence-corrected chi connectivity index (χ2v) is 6.92. The fraction of sp³-hybridized carbons (Fsp3) is 0.353. The Balaban J connectivity index is 1.90. The van der Waals surface area contributed by atoms with E-state index in [-0.39, 0.29) is 17.2 Å². The van der Waals surface area contributed by atoms with Crippen LogP contribution >= 0.6 is 11.8 Å². The molecule has 0 unspecified atom stereocenters. The second kappa shape index (κ2) is 6.97. The molecule has 0 saturated heterocycles. The van der Waals surface area contributed by atoms with Gasteiger partial charge in [0.15, 0.2) is 5.16 Å². The summed E-state index contributed by atoms with van der Waals surface area (Å²) < 4.78 is 13.4. The summed E-state index contributed by atoms with van der Waals surface area (Å²) in [5, 5.41) is 10.4. The molecule has 118 valence electrons. The molecule has 1 heterocycles. The minimum atomic E-state index is -0.302. The summed E-state index contributed by atoms with van der Waals surface area (Å²) in [6.45, 7) is 0. The van der Waals surface area contributed by atoms with E-state index in [1.807, 2.05) is 6.07 Å². The third-order valence-corrected chi connectivity index (χ3v) is 5.14. The molecule has 3 rings (SSSR count). The average Bonchev–Trinajstić information content (AvgIpc) is 3.00. The molecular formula is C17H17FN4S. The highest BCUT2D eigenvalue weighted by molar-refractivity contribution is 7.99. The van der Waals surface area contributed by atoms with Gasteiger partial charge in [-0.05, 0) is 30.5 Å². The third-order valence-electron chi connectivity index (χ3n) is 3.94. The lowest BCUT2D eigenvalue weighted by Gasteiger charge is -2.11. The van der Waals surface area contributed by atoms with E-state index in [1.165, 1.54) is 25.0 Å². The van der Waals surface area contributed by atoms with Gasteiger partial charge in [0.25, 0.3) is 0 Å². The van der Waals surface area contributed by atoms with Crippen molar-refractivity contribution < 1.29 is 4.39 Å². The Morgan fingerprint density at radius 1 is 1.30 bits per heavy atom. The first kappa shape index (κ1) is 15.8. The largest absolute Gasteiger partial charge is 0.382 e. The molecule has 6 heteroatoms. The minimum Gasteiger partial charge on any atom is -0.382 e. The number of nitriles is 1. The van der Waals surface area contributed by atoms with Gasteiger partial charge in [-0.1, -0.05) is 36.7 Å². The van der Waals surface area contributed by atoms with Crippen LogP contribution in [0, 0.1) is 17.1 Å². The van der Waals surface area contributed by atoms with E-state index in [9.17, 15) is 9.65 Å². The molecule has 1 aromatic heterocycles. The summed E-state index contributed by atoms with van der Waals surface area (Å²) in [5.74, 6) is -0.0991. The van der Waals surface area contributed by atoms with Gasteiger partial charge in [-0.3, -0.25) is 0 Å². The van der Waals surface area contributed by atoms with E-state index in [4.69, 9.17) is 5.73 Å². The molecule has 23 heavy (non-hydrogen) atoms. The van der Waals surface area contributed by atoms with Crippen LogP contribution in [-0.2, 0) is 6.42 Å². The molecule has 1 aliphatic rings. The average molecular weight is 328 g/mol. The zero-order chi connectivity index (χ0) is 16.2. The number of aromatic nitrogens is 2. The topological polar surface area (TPSA) is 75.6 Å². The van der Waals surface area contributed by atoms with E-state index in [2.05, 4.69) is 16.0 Å². The molecule has 1 aromatic carbocycles. The zero-order valence-electron chi connectivity index (χ0n) is 12.6. The predicted molar refractivity (Wildman–Crippen MR) is 88.5 cm³/mol. The van der Waals surface area contributed by atoms with Crippen LogP contribution in [-0.4, -0.2) is 15.2 Å². The molecular weight excluding hydrogens is 311 g/mol. The number of benzene rings is 1. The molecule has 4 nitrogen and oxygen atoms in total. The van der Waals surface area contributed by atoms with Crippen molar-refractivity contribution >= 4 is 17.6 Å². The van der Waals surface area contributed by atoms with E-state index < -0.39 is 0 Å². The molecule has 1 fully saturated rings. The van der Waals surface area contributed by atoms with Gasteiger partial charge in [-0.2, -0.15) is 5.26 Å². The van der Waals surface area contributed by atoms with Crippen molar-refractivity contribution in [3.63, 3.8) is 0 Å². The van der Waals surface area contributed by atoms with Crippen LogP contribution in [0.25, 0.3) is 0 Å². The van der Waals surface area contributed by atoms with Crippen molar-refractivity contribution in [3.8, 4) is 6.07 Å². The third kappa shape index (κ3) is 3.80. The molecule has 0 spiro atoms. The molecule has 0 amide bonds. The summed E-state index contributed by atoms with van der Waals surface area (Å²) in [5.41, 5.74) is 7.53. The maximum absolute atomic E-state index is 13.4. The molecule has 0 atom stereocenters. The number of thioether (sulfide) groups is 1. The number of rotatable bonds is 4. The van der Waals surface area contributed by atoms with Gasteiger partial charge in [0.05, 0.1) is 5.69 Å². The molecule has 1 aliphatic carbocycles. The Kier molecular flexibility index (Phi) is 4.77. The summed E-state index contributed by atoms with van der Waals surface area (Å²) >= 11 is 1.63. The normalized spacial score (nSPS) is 14.8. The van der Waals surface area contributed by atoms with Gasteiger partial charge in [-0.15, -0.1) is 0 Å². The lowest BCUT2D eigenvalue weighted by atomic mass is 10.1. The van der Waals surface area contributed by atoms with E-state index in [0.29, 0.717) is 22.5 Å². The Hall–Kier alpha value is -2.13. The highest BCUT2D eigenvalue weighted by atomic mass is 32.2. The van der Waals surface area contributed by atoms with Gasteiger partial charge >= 0.3 is 0 Å². The molecule has 0 bridgehead atoms. The van der Waals surface area contributed by atoms with Gasteiger partial charge in [0.2, 0.25) is 0 Å². The number of nitrogens with two attached hydrogens (primary N) is 1. The lowest BCUT2D eigenvalue weighted by molar-refractivity contribution is 0.626. The summed E-state index contributed by atoms with van der Waals surface area (Å²) in [4.78, 5) is 8.78. The fourth-order valence-electron chi connectivity index (χ4n) is 2.80. The summed E-state index contributed by atoms with van der Waals surface area (Å²) in [6, 6.07) is 8.37. The van der Waals surface area contributed by atoms with Gasteiger partial charge < -0.3 is 5.73 Å². The molecule has 1 saturated carbocycles. The fourth-order valence-corrected chi connectivity index (χ4v) is 3.98. The Bertz CT molecular complexity index is 751. The van der Waals surface area contributed by atoms with Gasteiger partial charge in [0.1, 0.15) is 23.3 Å². The van der Waals surface area contributed by atoms with Gasteiger partial charge in [-0.25, -0.2) is 14.4 Å². The maximum atomic E-state index is 13.4. The maximum Gasteiger partial charge on any atom is 0.190 e. The van der Waals surface area contributed by atoms with Crippen LogP contribution in [0.15, 0.2) is 29.4 Å². The minimum absolute atomic E-state index is 0.203. The zero-order valence-corrected chi connectivity index (χ0v) is 13.4. The van der Waals surface area contributed by atoms with E-state index in [1.54, 1.807) is 17.8 Å². The van der Waals surface area contributed by atoms with Crippen LogP contribution in [0.2, 0.25) is 0 Å². The summed E-state index contributed by atoms with van der Waals surface area (Å²) in [6.07, 6.45) is 5.16. The Morgan fingerprint density at radius 3 is 2.78 bits per heavy atom. The number of nitrogen functional groups attached to an aromatic ring is 1. The smallest absolute Gasteiger partial charge is 0.190 e. The monoisotopic (exact) mass is 328 g/mol. The van der Waals surface area contributed by atoms with Crippen LogP contribution in [0.1, 0.15) is 42.5 Å². The van der Waals surface area contributed by atoms with Crippen molar-refractivity contribution in [3.05, 3.63) is 46.9 Å². The first-order valence-corrected chi connectivity index (χ1v) is 8.51. The van der Waals surface area contributed by atoms with Crippen molar-refractivity contribution in [1.82, 2.24) is 9.97 Å². The van der Waals surface area contributed by atoms with Crippen molar-refractivity contribution in [1.29, 1.82) is 5.26 Å². The first-order valence-electron chi connectivity index (χ1n) is 7.63. The van der Waals surface area contributed by atoms with Crippen molar-refractivity contribution in [2.75, 3.05) is 5.73 Å². The first-order chi connectivity index (χ1) is 11.2. The summed E-state index contributed by atoms with van der Waals surface area (Å²) in [7, 11) is 0. The number of anilines is 1. The number of halogens is 1. The van der Waals surface area contributed by atoms with Crippen LogP contribution in [0.5, 0.6) is 0 Å². The van der Waals surface area contributed by atoms with Crippen LogP contribution in [0.4, 0.5) is 10.2 Å². The number of nitrogens with zero attached hydrogens (tertiary/aromatic N) is 3. The molecule has 2 N–H and O–H groups in total. The van der Waals surface area contributed by atoms with Crippen LogP contribution in [0.3, 0.4) is 0 Å². The van der Waals surface area contributed by atoms with E-state index >= 15 is 0 Å². The standard InChI is InChI=1S/C17H17FN4S/c18-12-5-3-4-11(8-12)9-15-14(10-19)16(20)22-17(21-15)23-13-6-1-2-7-13/h3-5,8,13H,1-2,6-7,9H2,(H2,20,21,22).